The van der Waals surface area contributed by atoms with E-state index in [0.29, 0.717) is 17.0 Å². The summed E-state index contributed by atoms with van der Waals surface area (Å²) in [5.74, 6) is 0.238. The molecular weight excluding hydrogens is 194 g/mol. The summed E-state index contributed by atoms with van der Waals surface area (Å²) in [4.78, 5) is 15.6. The van der Waals surface area contributed by atoms with Crippen molar-refractivity contribution in [2.45, 2.75) is 13.8 Å². The Hall–Kier alpha value is -1.91. The average Bonchev–Trinajstić information content (AvgIpc) is 2.60. The van der Waals surface area contributed by atoms with Crippen LogP contribution in [0.15, 0.2) is 12.1 Å². The van der Waals surface area contributed by atoms with Gasteiger partial charge in [0, 0.05) is 5.69 Å². The molecule has 0 fully saturated rings. The van der Waals surface area contributed by atoms with Gasteiger partial charge in [-0.15, -0.1) is 0 Å². The molecule has 2 heterocycles. The van der Waals surface area contributed by atoms with Crippen molar-refractivity contribution in [2.24, 2.45) is 0 Å². The van der Waals surface area contributed by atoms with E-state index in [1.54, 1.807) is 17.5 Å². The number of hydrogen-bond donors (Lipinski definition) is 0. The van der Waals surface area contributed by atoms with Gasteiger partial charge in [0.2, 0.25) is 0 Å². The molecule has 2 rings (SSSR count). The molecule has 0 aliphatic rings. The lowest BCUT2D eigenvalue weighted by molar-refractivity contribution is 0.0602. The summed E-state index contributed by atoms with van der Waals surface area (Å²) >= 11 is 0. The third-order valence-electron chi connectivity index (χ3n) is 2.18. The number of rotatable bonds is 1. The number of ether oxygens (including phenoxy) is 1. The number of methoxy groups -OCH3 is 1. The van der Waals surface area contributed by atoms with Gasteiger partial charge in [-0.25, -0.2) is 14.3 Å². The highest BCUT2D eigenvalue weighted by atomic mass is 16.5. The summed E-state index contributed by atoms with van der Waals surface area (Å²) in [6.45, 7) is 3.69. The molecule has 0 aromatic carbocycles. The van der Waals surface area contributed by atoms with Crippen molar-refractivity contribution in [1.82, 2.24) is 14.6 Å². The molecule has 0 aliphatic heterocycles. The largest absolute Gasteiger partial charge is 0.465 e. The lowest BCUT2D eigenvalue weighted by Gasteiger charge is -2.02. The van der Waals surface area contributed by atoms with Gasteiger partial charge in [-0.2, -0.15) is 5.10 Å². The second kappa shape index (κ2) is 3.34. The van der Waals surface area contributed by atoms with Crippen molar-refractivity contribution in [3.8, 4) is 0 Å². The quantitative estimate of drug-likeness (QED) is 0.655. The van der Waals surface area contributed by atoms with Gasteiger partial charge in [0.1, 0.15) is 11.4 Å². The zero-order valence-electron chi connectivity index (χ0n) is 8.81. The Balaban J connectivity index is 2.76. The molecule has 0 aliphatic carbocycles. The zero-order chi connectivity index (χ0) is 11.0. The van der Waals surface area contributed by atoms with Crippen LogP contribution in [-0.2, 0) is 4.74 Å². The molecule has 15 heavy (non-hydrogen) atoms. The van der Waals surface area contributed by atoms with Crippen LogP contribution in [0.2, 0.25) is 0 Å². The van der Waals surface area contributed by atoms with Crippen LogP contribution >= 0.6 is 0 Å². The zero-order valence-corrected chi connectivity index (χ0v) is 8.81. The second-order valence-electron chi connectivity index (χ2n) is 3.27. The third-order valence-corrected chi connectivity index (χ3v) is 2.18. The maximum absolute atomic E-state index is 11.4. The fraction of sp³-hybridized carbons (Fsp3) is 0.300. The molecule has 0 atom stereocenters. The van der Waals surface area contributed by atoms with Crippen molar-refractivity contribution in [3.05, 3.63) is 29.2 Å². The molecular formula is C10H11N3O2. The molecule has 0 saturated carbocycles. The van der Waals surface area contributed by atoms with Gasteiger partial charge in [-0.05, 0) is 26.0 Å². The lowest BCUT2D eigenvalue weighted by atomic mass is 10.2. The predicted octanol–water partition coefficient (Wildman–Crippen LogP) is 1.13. The summed E-state index contributed by atoms with van der Waals surface area (Å²) in [5, 5.41) is 4.19. The Bertz CT molecular complexity index is 531. The van der Waals surface area contributed by atoms with Crippen LogP contribution in [0.3, 0.4) is 0 Å². The topological polar surface area (TPSA) is 56.5 Å². The highest BCUT2D eigenvalue weighted by Gasteiger charge is 2.14. The summed E-state index contributed by atoms with van der Waals surface area (Å²) in [7, 11) is 1.35. The summed E-state index contributed by atoms with van der Waals surface area (Å²) in [6, 6.07) is 3.51. The van der Waals surface area contributed by atoms with E-state index < -0.39 is 5.97 Å². The minimum atomic E-state index is -0.396. The average molecular weight is 205 g/mol. The monoisotopic (exact) mass is 205 g/mol. The standard InChI is InChI=1S/C10H11N3O2/c1-6-4-5-8(10(14)15-3)9-11-7(2)12-13(6)9/h4-5H,1-3H3. The summed E-state index contributed by atoms with van der Waals surface area (Å²) < 4.78 is 6.31. The molecule has 2 aromatic rings. The fourth-order valence-corrected chi connectivity index (χ4v) is 1.45. The summed E-state index contributed by atoms with van der Waals surface area (Å²) in [5.41, 5.74) is 1.90. The van der Waals surface area contributed by atoms with E-state index in [0.717, 1.165) is 5.69 Å². The molecule has 0 radical (unpaired) electrons. The number of hydrogen-bond acceptors (Lipinski definition) is 4. The van der Waals surface area contributed by atoms with Crippen LogP contribution in [0.25, 0.3) is 5.65 Å². The van der Waals surface area contributed by atoms with Crippen molar-refractivity contribution in [1.29, 1.82) is 0 Å². The van der Waals surface area contributed by atoms with Crippen LogP contribution in [0, 0.1) is 13.8 Å². The number of pyridine rings is 1. The Morgan fingerprint density at radius 2 is 2.13 bits per heavy atom. The van der Waals surface area contributed by atoms with Crippen LogP contribution in [0.5, 0.6) is 0 Å². The lowest BCUT2D eigenvalue weighted by Crippen LogP contribution is -2.06. The van der Waals surface area contributed by atoms with Gasteiger partial charge in [-0.3, -0.25) is 0 Å². The van der Waals surface area contributed by atoms with Crippen molar-refractivity contribution in [2.75, 3.05) is 7.11 Å². The van der Waals surface area contributed by atoms with Crippen LogP contribution < -0.4 is 0 Å². The van der Waals surface area contributed by atoms with Crippen LogP contribution in [0.4, 0.5) is 0 Å². The van der Waals surface area contributed by atoms with Crippen molar-refractivity contribution >= 4 is 11.6 Å². The molecule has 0 N–H and O–H groups in total. The molecule has 2 aromatic heterocycles. The SMILES string of the molecule is COC(=O)c1ccc(C)n2nc(C)nc12. The van der Waals surface area contributed by atoms with Gasteiger partial charge in [0.15, 0.2) is 5.65 Å². The summed E-state index contributed by atoms with van der Waals surface area (Å²) in [6.07, 6.45) is 0. The maximum atomic E-state index is 11.4. The molecule has 0 spiro atoms. The normalized spacial score (nSPS) is 10.6. The van der Waals surface area contributed by atoms with Crippen molar-refractivity contribution in [3.63, 3.8) is 0 Å². The highest BCUT2D eigenvalue weighted by Crippen LogP contribution is 2.12. The number of fused-ring (bicyclic) bond motifs is 1. The van der Waals surface area contributed by atoms with Gasteiger partial charge in [0.25, 0.3) is 0 Å². The molecule has 5 heteroatoms. The van der Waals surface area contributed by atoms with E-state index in [1.807, 2.05) is 13.0 Å². The molecule has 5 nitrogen and oxygen atoms in total. The number of aryl methyl sites for hydroxylation is 2. The fourth-order valence-electron chi connectivity index (χ4n) is 1.45. The number of carbonyl (C=O) groups is 1. The molecule has 78 valence electrons. The van der Waals surface area contributed by atoms with Gasteiger partial charge in [0.05, 0.1) is 7.11 Å². The van der Waals surface area contributed by atoms with Gasteiger partial charge >= 0.3 is 5.97 Å². The first-order valence-electron chi connectivity index (χ1n) is 4.55. The Kier molecular flexibility index (Phi) is 2.15. The second-order valence-corrected chi connectivity index (χ2v) is 3.27. The van der Waals surface area contributed by atoms with Crippen LogP contribution in [0.1, 0.15) is 21.9 Å². The number of carbonyl (C=O) groups excluding carboxylic acids is 1. The highest BCUT2D eigenvalue weighted by molar-refractivity contribution is 5.95. The van der Waals surface area contributed by atoms with E-state index in [1.165, 1.54) is 7.11 Å². The maximum Gasteiger partial charge on any atom is 0.341 e. The van der Waals surface area contributed by atoms with Crippen LogP contribution in [-0.4, -0.2) is 27.7 Å². The van der Waals surface area contributed by atoms with E-state index in [2.05, 4.69) is 14.8 Å². The predicted molar refractivity (Wildman–Crippen MR) is 53.8 cm³/mol. The van der Waals surface area contributed by atoms with Gasteiger partial charge < -0.3 is 4.74 Å². The minimum absolute atomic E-state index is 0.396. The first-order valence-corrected chi connectivity index (χ1v) is 4.55. The Labute approximate surface area is 86.7 Å². The molecule has 0 bridgehead atoms. The minimum Gasteiger partial charge on any atom is -0.465 e. The first kappa shape index (κ1) is 9.64. The number of aromatic nitrogens is 3. The van der Waals surface area contributed by atoms with Gasteiger partial charge in [-0.1, -0.05) is 0 Å². The number of nitrogens with zero attached hydrogens (tertiary/aromatic N) is 3. The first-order chi connectivity index (χ1) is 7.13. The van der Waals surface area contributed by atoms with E-state index in [9.17, 15) is 4.79 Å². The Morgan fingerprint density at radius 3 is 2.80 bits per heavy atom. The van der Waals surface area contributed by atoms with E-state index in [4.69, 9.17) is 0 Å². The molecule has 0 saturated heterocycles. The molecule has 0 amide bonds. The van der Waals surface area contributed by atoms with Crippen molar-refractivity contribution < 1.29 is 9.53 Å². The van der Waals surface area contributed by atoms with E-state index >= 15 is 0 Å². The smallest absolute Gasteiger partial charge is 0.341 e. The number of esters is 1. The Morgan fingerprint density at radius 1 is 1.40 bits per heavy atom. The van der Waals surface area contributed by atoms with E-state index in [-0.39, 0.29) is 0 Å². The third kappa shape index (κ3) is 1.45. The molecule has 0 unspecified atom stereocenters.